The van der Waals surface area contributed by atoms with E-state index in [9.17, 15) is 4.79 Å². The van der Waals surface area contributed by atoms with Gasteiger partial charge < -0.3 is 4.74 Å². The third kappa shape index (κ3) is 4.04. The Kier molecular flexibility index (Phi) is 5.17. The van der Waals surface area contributed by atoms with Gasteiger partial charge in [-0.2, -0.15) is 16.4 Å². The number of esters is 1. The van der Waals surface area contributed by atoms with Crippen molar-refractivity contribution in [1.82, 2.24) is 9.78 Å². The molecule has 0 radical (unpaired) electrons. The zero-order chi connectivity index (χ0) is 21.0. The predicted octanol–water partition coefficient (Wildman–Crippen LogP) is 6.49. The van der Waals surface area contributed by atoms with Crippen LogP contribution in [-0.4, -0.2) is 15.7 Å². The van der Waals surface area contributed by atoms with Crippen LogP contribution in [0, 0.1) is 0 Å². The average molecular weight is 423 g/mol. The molecular weight excluding hydrogens is 404 g/mol. The maximum atomic E-state index is 13.1. The van der Waals surface area contributed by atoms with Crippen LogP contribution in [0.15, 0.2) is 108 Å². The van der Waals surface area contributed by atoms with Gasteiger partial charge in [0.05, 0.1) is 5.69 Å². The molecule has 0 N–H and O–H groups in total. The van der Waals surface area contributed by atoms with Crippen molar-refractivity contribution >= 4 is 17.3 Å². The summed E-state index contributed by atoms with van der Waals surface area (Å²) in [6.07, 6.45) is 1.73. The van der Waals surface area contributed by atoms with E-state index in [2.05, 4.69) is 5.10 Å². The number of benzene rings is 3. The van der Waals surface area contributed by atoms with Gasteiger partial charge in [0.2, 0.25) is 0 Å². The number of para-hydroxylation sites is 1. The smallest absolute Gasteiger partial charge is 0.347 e. The summed E-state index contributed by atoms with van der Waals surface area (Å²) >= 11 is 1.56. The number of thiophene rings is 1. The largest absolute Gasteiger partial charge is 0.423 e. The van der Waals surface area contributed by atoms with E-state index in [0.29, 0.717) is 17.0 Å². The lowest BCUT2D eigenvalue weighted by Crippen LogP contribution is -2.08. The molecule has 0 aliphatic carbocycles. The highest BCUT2D eigenvalue weighted by Crippen LogP contribution is 2.28. The lowest BCUT2D eigenvalue weighted by molar-refractivity contribution is 0.0735. The highest BCUT2D eigenvalue weighted by Gasteiger charge is 2.21. The van der Waals surface area contributed by atoms with E-state index in [1.165, 1.54) is 0 Å². The van der Waals surface area contributed by atoms with E-state index in [1.54, 1.807) is 22.2 Å². The molecule has 0 atom stereocenters. The van der Waals surface area contributed by atoms with Gasteiger partial charge in [-0.15, -0.1) is 0 Å². The monoisotopic (exact) mass is 422 g/mol. The SMILES string of the molecule is O=C(Oc1ccc(-c2ccccc2)cc1)c1cn(-c2ccccc2)nc1-c1ccsc1. The van der Waals surface area contributed by atoms with Gasteiger partial charge in [-0.3, -0.25) is 0 Å². The summed E-state index contributed by atoms with van der Waals surface area (Å²) in [4.78, 5) is 13.1. The lowest BCUT2D eigenvalue weighted by atomic mass is 10.1. The Labute approximate surface area is 184 Å². The third-order valence-corrected chi connectivity index (χ3v) is 5.60. The van der Waals surface area contributed by atoms with Gasteiger partial charge in [-0.25, -0.2) is 9.48 Å². The fourth-order valence-electron chi connectivity index (χ4n) is 3.36. The standard InChI is InChI=1S/C26H18N2O2S/c29-26(30-23-13-11-20(12-14-23)19-7-3-1-4-8-19)24-17-28(22-9-5-2-6-10-22)27-25(24)21-15-16-31-18-21/h1-18H. The van der Waals surface area contributed by atoms with Crippen LogP contribution < -0.4 is 4.74 Å². The van der Waals surface area contributed by atoms with Crippen LogP contribution in [0.2, 0.25) is 0 Å². The zero-order valence-corrected chi connectivity index (χ0v) is 17.3. The van der Waals surface area contributed by atoms with Crippen LogP contribution in [0.4, 0.5) is 0 Å². The molecule has 0 aliphatic rings. The number of aromatic nitrogens is 2. The summed E-state index contributed by atoms with van der Waals surface area (Å²) < 4.78 is 7.40. The fraction of sp³-hybridized carbons (Fsp3) is 0. The van der Waals surface area contributed by atoms with E-state index in [4.69, 9.17) is 4.74 Å². The van der Waals surface area contributed by atoms with Crippen molar-refractivity contribution in [2.24, 2.45) is 0 Å². The van der Waals surface area contributed by atoms with Crippen molar-refractivity contribution in [3.05, 3.63) is 114 Å². The van der Waals surface area contributed by atoms with Crippen molar-refractivity contribution < 1.29 is 9.53 Å². The maximum absolute atomic E-state index is 13.1. The molecule has 31 heavy (non-hydrogen) atoms. The number of hydrogen-bond donors (Lipinski definition) is 0. The van der Waals surface area contributed by atoms with Crippen molar-refractivity contribution in [3.8, 4) is 33.8 Å². The lowest BCUT2D eigenvalue weighted by Gasteiger charge is -2.06. The quantitative estimate of drug-likeness (QED) is 0.240. The van der Waals surface area contributed by atoms with Gasteiger partial charge in [-0.1, -0.05) is 60.7 Å². The molecule has 0 aliphatic heterocycles. The minimum Gasteiger partial charge on any atom is -0.423 e. The molecule has 0 unspecified atom stereocenters. The topological polar surface area (TPSA) is 44.1 Å². The minimum absolute atomic E-state index is 0.425. The van der Waals surface area contributed by atoms with Gasteiger partial charge >= 0.3 is 5.97 Å². The average Bonchev–Trinajstić information content (AvgIpc) is 3.51. The fourth-order valence-corrected chi connectivity index (χ4v) is 4.00. The number of carbonyl (C=O) groups excluding carboxylic acids is 1. The molecular formula is C26H18N2O2S. The molecule has 5 heteroatoms. The first-order valence-electron chi connectivity index (χ1n) is 9.83. The summed E-state index contributed by atoms with van der Waals surface area (Å²) in [6.45, 7) is 0. The summed E-state index contributed by atoms with van der Waals surface area (Å²) in [7, 11) is 0. The predicted molar refractivity (Wildman–Crippen MR) is 124 cm³/mol. The van der Waals surface area contributed by atoms with Crippen LogP contribution >= 0.6 is 11.3 Å². The Morgan fingerprint density at radius 2 is 1.45 bits per heavy atom. The van der Waals surface area contributed by atoms with Crippen molar-refractivity contribution in [3.63, 3.8) is 0 Å². The molecule has 0 fully saturated rings. The second kappa shape index (κ2) is 8.42. The first-order valence-corrected chi connectivity index (χ1v) is 10.8. The van der Waals surface area contributed by atoms with Gasteiger partial charge in [0.15, 0.2) is 0 Å². The van der Waals surface area contributed by atoms with Gasteiger partial charge in [0, 0.05) is 17.1 Å². The van der Waals surface area contributed by atoms with Crippen LogP contribution in [0.25, 0.3) is 28.1 Å². The van der Waals surface area contributed by atoms with Gasteiger partial charge in [0.1, 0.15) is 17.0 Å². The molecule has 0 amide bonds. The molecule has 150 valence electrons. The van der Waals surface area contributed by atoms with Crippen LogP contribution in [0.5, 0.6) is 5.75 Å². The molecule has 2 aromatic heterocycles. The summed E-state index contributed by atoms with van der Waals surface area (Å²) in [6, 6.07) is 29.3. The first kappa shape index (κ1) is 19.0. The summed E-state index contributed by atoms with van der Waals surface area (Å²) in [5.41, 5.74) is 4.99. The van der Waals surface area contributed by atoms with Crippen molar-refractivity contribution in [1.29, 1.82) is 0 Å². The highest BCUT2D eigenvalue weighted by atomic mass is 32.1. The molecule has 3 aromatic carbocycles. The van der Waals surface area contributed by atoms with Gasteiger partial charge in [-0.05, 0) is 46.8 Å². The number of hydrogen-bond acceptors (Lipinski definition) is 4. The molecule has 0 bridgehead atoms. The van der Waals surface area contributed by atoms with Crippen LogP contribution in [0.3, 0.4) is 0 Å². The van der Waals surface area contributed by atoms with Crippen molar-refractivity contribution in [2.75, 3.05) is 0 Å². The van der Waals surface area contributed by atoms with Gasteiger partial charge in [0.25, 0.3) is 0 Å². The van der Waals surface area contributed by atoms with Crippen LogP contribution in [0.1, 0.15) is 10.4 Å². The Hall–Kier alpha value is -3.96. The zero-order valence-electron chi connectivity index (χ0n) is 16.5. The van der Waals surface area contributed by atoms with E-state index in [1.807, 2.05) is 102 Å². The normalized spacial score (nSPS) is 10.7. The molecule has 0 saturated carbocycles. The molecule has 5 aromatic rings. The molecule has 2 heterocycles. The maximum Gasteiger partial charge on any atom is 0.347 e. The Morgan fingerprint density at radius 3 is 2.13 bits per heavy atom. The van der Waals surface area contributed by atoms with E-state index in [-0.39, 0.29) is 0 Å². The molecule has 0 saturated heterocycles. The highest BCUT2D eigenvalue weighted by molar-refractivity contribution is 7.08. The van der Waals surface area contributed by atoms with Crippen LogP contribution in [-0.2, 0) is 0 Å². The number of nitrogens with zero attached hydrogens (tertiary/aromatic N) is 2. The second-order valence-electron chi connectivity index (χ2n) is 6.96. The Bertz CT molecular complexity index is 1290. The molecule has 0 spiro atoms. The third-order valence-electron chi connectivity index (χ3n) is 4.92. The Morgan fingerprint density at radius 1 is 0.774 bits per heavy atom. The minimum atomic E-state index is -0.434. The van der Waals surface area contributed by atoms with E-state index < -0.39 is 5.97 Å². The summed E-state index contributed by atoms with van der Waals surface area (Å²) in [5, 5.41) is 8.60. The molecule has 5 rings (SSSR count). The number of carbonyl (C=O) groups is 1. The Balaban J connectivity index is 1.44. The molecule has 4 nitrogen and oxygen atoms in total. The van der Waals surface area contributed by atoms with E-state index >= 15 is 0 Å². The van der Waals surface area contributed by atoms with Crippen molar-refractivity contribution in [2.45, 2.75) is 0 Å². The first-order chi connectivity index (χ1) is 15.3. The number of ether oxygens (including phenoxy) is 1. The second-order valence-corrected chi connectivity index (χ2v) is 7.74. The summed E-state index contributed by atoms with van der Waals surface area (Å²) in [5.74, 6) is 0.0595. The van der Waals surface area contributed by atoms with E-state index in [0.717, 1.165) is 22.4 Å². The number of rotatable bonds is 5.